The van der Waals surface area contributed by atoms with Crippen molar-refractivity contribution in [3.63, 3.8) is 0 Å². The summed E-state index contributed by atoms with van der Waals surface area (Å²) in [7, 11) is 0. The van der Waals surface area contributed by atoms with Crippen molar-refractivity contribution in [1.82, 2.24) is 4.98 Å². The maximum absolute atomic E-state index is 13.1. The first-order valence-corrected chi connectivity index (χ1v) is 12.9. The molecule has 5 rings (SSSR count). The second-order valence-electron chi connectivity index (χ2n) is 8.00. The molecule has 0 aliphatic carbocycles. The van der Waals surface area contributed by atoms with Crippen LogP contribution in [0.2, 0.25) is 0 Å². The molecule has 2 heterocycles. The van der Waals surface area contributed by atoms with Gasteiger partial charge in [0.15, 0.2) is 0 Å². The molecule has 2 amide bonds. The van der Waals surface area contributed by atoms with Gasteiger partial charge in [0, 0.05) is 33.8 Å². The summed E-state index contributed by atoms with van der Waals surface area (Å²) in [5.74, 6) is 0.127. The minimum Gasteiger partial charge on any atom is -0.322 e. The molecule has 5 nitrogen and oxygen atoms in total. The van der Waals surface area contributed by atoms with E-state index in [2.05, 4.69) is 16.4 Å². The number of amides is 2. The number of nitrogens with zero attached hydrogens (tertiary/aromatic N) is 2. The minimum absolute atomic E-state index is 0.0522. The summed E-state index contributed by atoms with van der Waals surface area (Å²) < 4.78 is 0. The Labute approximate surface area is 206 Å². The Kier molecular flexibility index (Phi) is 6.47. The van der Waals surface area contributed by atoms with Crippen LogP contribution in [0.25, 0.3) is 11.3 Å². The van der Waals surface area contributed by atoms with Crippen molar-refractivity contribution in [1.29, 1.82) is 0 Å². The zero-order valence-electron chi connectivity index (χ0n) is 18.7. The van der Waals surface area contributed by atoms with Crippen LogP contribution in [0.1, 0.15) is 20.9 Å². The molecule has 0 bridgehead atoms. The fourth-order valence-electron chi connectivity index (χ4n) is 4.05. The van der Waals surface area contributed by atoms with E-state index >= 15 is 0 Å². The van der Waals surface area contributed by atoms with Crippen molar-refractivity contribution in [2.75, 3.05) is 22.5 Å². The van der Waals surface area contributed by atoms with Gasteiger partial charge in [-0.25, -0.2) is 4.98 Å². The largest absolute Gasteiger partial charge is 0.322 e. The Hall–Kier alpha value is -3.42. The average Bonchev–Trinajstić information content (AvgIpc) is 3.49. The molecule has 3 aromatic carbocycles. The highest BCUT2D eigenvalue weighted by Crippen LogP contribution is 2.30. The number of thioether (sulfide) groups is 1. The van der Waals surface area contributed by atoms with Crippen LogP contribution in [0.15, 0.2) is 83.1 Å². The number of para-hydroxylation sites is 1. The molecule has 0 saturated carbocycles. The Morgan fingerprint density at radius 3 is 2.74 bits per heavy atom. The van der Waals surface area contributed by atoms with E-state index in [9.17, 15) is 9.59 Å². The fraction of sp³-hybridized carbons (Fsp3) is 0.148. The van der Waals surface area contributed by atoms with Crippen molar-refractivity contribution in [3.8, 4) is 11.3 Å². The molecule has 1 aliphatic heterocycles. The zero-order valence-corrected chi connectivity index (χ0v) is 20.3. The van der Waals surface area contributed by atoms with Gasteiger partial charge in [-0.1, -0.05) is 42.5 Å². The van der Waals surface area contributed by atoms with Crippen molar-refractivity contribution in [2.24, 2.45) is 0 Å². The number of benzene rings is 3. The lowest BCUT2D eigenvalue weighted by Gasteiger charge is -2.17. The molecule has 0 fully saturated rings. The van der Waals surface area contributed by atoms with E-state index in [0.29, 0.717) is 17.8 Å². The number of carbonyl (C=O) groups excluding carboxylic acids is 2. The molecule has 4 aromatic rings. The number of hydrogen-bond acceptors (Lipinski definition) is 5. The predicted molar refractivity (Wildman–Crippen MR) is 140 cm³/mol. The Morgan fingerprint density at radius 1 is 1.06 bits per heavy atom. The van der Waals surface area contributed by atoms with Gasteiger partial charge in [0.2, 0.25) is 5.91 Å². The van der Waals surface area contributed by atoms with E-state index < -0.39 is 0 Å². The maximum Gasteiger partial charge on any atom is 0.256 e. The highest BCUT2D eigenvalue weighted by molar-refractivity contribution is 8.00. The number of carbonyl (C=O) groups is 2. The van der Waals surface area contributed by atoms with Crippen molar-refractivity contribution >= 4 is 46.3 Å². The van der Waals surface area contributed by atoms with Crippen molar-refractivity contribution < 1.29 is 9.59 Å². The SMILES string of the molecule is Cc1nc(-c2cccc(NC(=O)c3ccccc3SCC(=O)N3CCc4ccccc43)c2)cs1. The highest BCUT2D eigenvalue weighted by atomic mass is 32.2. The first-order chi connectivity index (χ1) is 16.6. The van der Waals surface area contributed by atoms with E-state index in [1.165, 1.54) is 17.3 Å². The maximum atomic E-state index is 13.1. The number of aromatic nitrogens is 1. The summed E-state index contributed by atoms with van der Waals surface area (Å²) in [6.45, 7) is 2.68. The Bertz CT molecular complexity index is 1370. The predicted octanol–water partition coefficient (Wildman–Crippen LogP) is 6.05. The monoisotopic (exact) mass is 485 g/mol. The van der Waals surface area contributed by atoms with Crippen LogP contribution in [0.4, 0.5) is 11.4 Å². The van der Waals surface area contributed by atoms with Gasteiger partial charge < -0.3 is 10.2 Å². The third kappa shape index (κ3) is 4.76. The summed E-state index contributed by atoms with van der Waals surface area (Å²) in [6, 6.07) is 23.1. The summed E-state index contributed by atoms with van der Waals surface area (Å²) in [6.07, 6.45) is 0.880. The Balaban J connectivity index is 1.28. The molecule has 1 N–H and O–H groups in total. The minimum atomic E-state index is -0.200. The number of nitrogens with one attached hydrogen (secondary N) is 1. The second-order valence-corrected chi connectivity index (χ2v) is 10.1. The molecule has 34 heavy (non-hydrogen) atoms. The highest BCUT2D eigenvalue weighted by Gasteiger charge is 2.24. The molecule has 0 atom stereocenters. The molecule has 0 unspecified atom stereocenters. The lowest BCUT2D eigenvalue weighted by atomic mass is 10.1. The summed E-state index contributed by atoms with van der Waals surface area (Å²) in [5.41, 5.74) is 5.32. The lowest BCUT2D eigenvalue weighted by Crippen LogP contribution is -2.30. The van der Waals surface area contributed by atoms with Crippen LogP contribution in [0, 0.1) is 6.92 Å². The molecule has 1 aliphatic rings. The summed E-state index contributed by atoms with van der Waals surface area (Å²) >= 11 is 3.00. The average molecular weight is 486 g/mol. The first kappa shape index (κ1) is 22.4. The smallest absolute Gasteiger partial charge is 0.256 e. The second kappa shape index (κ2) is 9.83. The standard InChI is InChI=1S/C27H23N3O2S2/c1-18-28-23(16-33-18)20-8-6-9-21(15-20)29-27(32)22-10-3-5-12-25(22)34-17-26(31)30-14-13-19-7-2-4-11-24(19)30/h2-12,15-16H,13-14,17H2,1H3,(H,29,32). The number of aryl methyl sites for hydroxylation is 1. The van der Waals surface area contributed by atoms with Gasteiger partial charge in [-0.05, 0) is 49.2 Å². The van der Waals surface area contributed by atoms with Gasteiger partial charge in [-0.2, -0.15) is 0 Å². The summed E-state index contributed by atoms with van der Waals surface area (Å²) in [4.78, 5) is 33.2. The number of thiazole rings is 1. The molecule has 0 saturated heterocycles. The van der Waals surface area contributed by atoms with Crippen LogP contribution in [-0.4, -0.2) is 29.1 Å². The van der Waals surface area contributed by atoms with Crippen molar-refractivity contribution in [2.45, 2.75) is 18.2 Å². The van der Waals surface area contributed by atoms with Gasteiger partial charge in [0.25, 0.3) is 5.91 Å². The molecule has 170 valence electrons. The van der Waals surface area contributed by atoms with E-state index in [1.54, 1.807) is 17.4 Å². The van der Waals surface area contributed by atoms with Gasteiger partial charge in [-0.3, -0.25) is 9.59 Å². The van der Waals surface area contributed by atoms with Crippen LogP contribution < -0.4 is 10.2 Å². The van der Waals surface area contributed by atoms with Gasteiger partial charge in [-0.15, -0.1) is 23.1 Å². The normalized spacial score (nSPS) is 12.4. The fourth-order valence-corrected chi connectivity index (χ4v) is 5.59. The summed E-state index contributed by atoms with van der Waals surface area (Å²) in [5, 5.41) is 6.01. The number of fused-ring (bicyclic) bond motifs is 1. The van der Waals surface area contributed by atoms with E-state index in [4.69, 9.17) is 0 Å². The molecule has 7 heteroatoms. The molecule has 0 spiro atoms. The quantitative estimate of drug-likeness (QED) is 0.338. The van der Waals surface area contributed by atoms with Gasteiger partial charge >= 0.3 is 0 Å². The molecule has 1 aromatic heterocycles. The number of hydrogen-bond donors (Lipinski definition) is 1. The lowest BCUT2D eigenvalue weighted by molar-refractivity contribution is -0.116. The van der Waals surface area contributed by atoms with E-state index in [-0.39, 0.29) is 17.6 Å². The number of rotatable bonds is 6. The van der Waals surface area contributed by atoms with Crippen molar-refractivity contribution in [3.05, 3.63) is 94.3 Å². The topological polar surface area (TPSA) is 62.3 Å². The van der Waals surface area contributed by atoms with Gasteiger partial charge in [0.05, 0.1) is 22.0 Å². The van der Waals surface area contributed by atoms with E-state index in [0.717, 1.165) is 33.3 Å². The third-order valence-electron chi connectivity index (χ3n) is 5.71. The first-order valence-electron chi connectivity index (χ1n) is 11.0. The molecular formula is C27H23N3O2S2. The third-order valence-corrected chi connectivity index (χ3v) is 7.54. The van der Waals surface area contributed by atoms with Crippen LogP contribution in [0.3, 0.4) is 0 Å². The zero-order chi connectivity index (χ0) is 23.5. The van der Waals surface area contributed by atoms with Crippen LogP contribution >= 0.6 is 23.1 Å². The van der Waals surface area contributed by atoms with Crippen LogP contribution in [0.5, 0.6) is 0 Å². The van der Waals surface area contributed by atoms with E-state index in [1.807, 2.05) is 77.9 Å². The number of anilines is 2. The van der Waals surface area contributed by atoms with Gasteiger partial charge in [0.1, 0.15) is 0 Å². The molecule has 0 radical (unpaired) electrons. The Morgan fingerprint density at radius 2 is 1.88 bits per heavy atom. The molecular weight excluding hydrogens is 462 g/mol. The van der Waals surface area contributed by atoms with Crippen LogP contribution in [-0.2, 0) is 11.2 Å².